The van der Waals surface area contributed by atoms with Gasteiger partial charge in [0.15, 0.2) is 18.2 Å². The molecule has 0 bridgehead atoms. The van der Waals surface area contributed by atoms with E-state index >= 15 is 0 Å². The zero-order valence-corrected chi connectivity index (χ0v) is 12.1. The molecule has 0 spiro atoms. The van der Waals surface area contributed by atoms with Crippen molar-refractivity contribution in [1.82, 2.24) is 0 Å². The number of halogens is 4. The van der Waals surface area contributed by atoms with E-state index in [9.17, 15) is 18.0 Å². The van der Waals surface area contributed by atoms with Crippen LogP contribution >= 0.6 is 15.9 Å². The largest absolute Gasteiger partial charge is 0.481 e. The minimum absolute atomic E-state index is 0.0213. The molecule has 0 saturated heterocycles. The van der Waals surface area contributed by atoms with Gasteiger partial charge in [-0.3, -0.25) is 4.79 Å². The SMILES string of the molecule is O=C(COc1cc(Br)cc(F)c1F)Nc1ccccc1F. The summed E-state index contributed by atoms with van der Waals surface area (Å²) in [4.78, 5) is 11.6. The lowest BCUT2D eigenvalue weighted by Gasteiger charge is -2.09. The fraction of sp³-hybridized carbons (Fsp3) is 0.0714. The van der Waals surface area contributed by atoms with Gasteiger partial charge in [0.1, 0.15) is 5.82 Å². The van der Waals surface area contributed by atoms with Crippen molar-refractivity contribution in [1.29, 1.82) is 0 Å². The van der Waals surface area contributed by atoms with Crippen molar-refractivity contribution in [3.8, 4) is 5.75 Å². The number of carbonyl (C=O) groups is 1. The van der Waals surface area contributed by atoms with Gasteiger partial charge in [0.25, 0.3) is 5.91 Å². The summed E-state index contributed by atoms with van der Waals surface area (Å²) in [5.41, 5.74) is -0.0213. The van der Waals surface area contributed by atoms with Crippen LogP contribution in [0.2, 0.25) is 0 Å². The normalized spacial score (nSPS) is 10.3. The summed E-state index contributed by atoms with van der Waals surface area (Å²) in [5.74, 6) is -4.01. The van der Waals surface area contributed by atoms with Crippen LogP contribution < -0.4 is 10.1 Å². The Hall–Kier alpha value is -2.02. The van der Waals surface area contributed by atoms with Crippen LogP contribution in [0.5, 0.6) is 5.75 Å². The minimum atomic E-state index is -1.20. The van der Waals surface area contributed by atoms with Gasteiger partial charge in [0.2, 0.25) is 5.82 Å². The van der Waals surface area contributed by atoms with Crippen LogP contribution in [0, 0.1) is 17.5 Å². The first kappa shape index (κ1) is 15.4. The maximum absolute atomic E-state index is 13.4. The number of rotatable bonds is 4. The van der Waals surface area contributed by atoms with Crippen LogP contribution in [0.15, 0.2) is 40.9 Å². The van der Waals surface area contributed by atoms with Gasteiger partial charge in [-0.25, -0.2) is 8.78 Å². The molecule has 7 heteroatoms. The molecule has 0 saturated carbocycles. The predicted molar refractivity (Wildman–Crippen MR) is 74.6 cm³/mol. The standard InChI is InChI=1S/C14H9BrF3NO2/c15-8-5-10(17)14(18)12(6-8)21-7-13(20)19-11-4-2-1-3-9(11)16/h1-6H,7H2,(H,19,20). The fourth-order valence-electron chi connectivity index (χ4n) is 1.53. The van der Waals surface area contributed by atoms with E-state index in [1.54, 1.807) is 6.07 Å². The van der Waals surface area contributed by atoms with Gasteiger partial charge in [-0.05, 0) is 24.3 Å². The lowest BCUT2D eigenvalue weighted by atomic mass is 10.3. The first-order chi connectivity index (χ1) is 9.97. The van der Waals surface area contributed by atoms with Crippen molar-refractivity contribution in [2.75, 3.05) is 11.9 Å². The van der Waals surface area contributed by atoms with Gasteiger partial charge in [0, 0.05) is 4.47 Å². The van der Waals surface area contributed by atoms with E-state index in [2.05, 4.69) is 21.2 Å². The first-order valence-electron chi connectivity index (χ1n) is 5.79. The van der Waals surface area contributed by atoms with Crippen LogP contribution in [0.1, 0.15) is 0 Å². The molecule has 110 valence electrons. The third-order valence-corrected chi connectivity index (χ3v) is 2.92. The lowest BCUT2D eigenvalue weighted by molar-refractivity contribution is -0.118. The second kappa shape index (κ2) is 6.62. The van der Waals surface area contributed by atoms with Crippen molar-refractivity contribution < 1.29 is 22.7 Å². The Labute approximate surface area is 126 Å². The maximum Gasteiger partial charge on any atom is 0.262 e. The highest BCUT2D eigenvalue weighted by Gasteiger charge is 2.13. The molecule has 2 aromatic rings. The zero-order valence-electron chi connectivity index (χ0n) is 10.5. The summed E-state index contributed by atoms with van der Waals surface area (Å²) in [6, 6.07) is 7.69. The molecular weight excluding hydrogens is 351 g/mol. The molecule has 0 unspecified atom stereocenters. The van der Waals surface area contributed by atoms with Crippen molar-refractivity contribution in [3.05, 3.63) is 58.3 Å². The van der Waals surface area contributed by atoms with E-state index in [1.165, 1.54) is 24.3 Å². The highest BCUT2D eigenvalue weighted by molar-refractivity contribution is 9.10. The smallest absolute Gasteiger partial charge is 0.262 e. The van der Waals surface area contributed by atoms with Crippen LogP contribution in [-0.4, -0.2) is 12.5 Å². The number of para-hydroxylation sites is 1. The third-order valence-electron chi connectivity index (χ3n) is 2.47. The fourth-order valence-corrected chi connectivity index (χ4v) is 1.94. The first-order valence-corrected chi connectivity index (χ1v) is 6.58. The van der Waals surface area contributed by atoms with Gasteiger partial charge in [0.05, 0.1) is 5.69 Å². The Balaban J connectivity index is 2.00. The van der Waals surface area contributed by atoms with Crippen molar-refractivity contribution in [3.63, 3.8) is 0 Å². The Morgan fingerprint density at radius 2 is 1.86 bits per heavy atom. The summed E-state index contributed by atoms with van der Waals surface area (Å²) >= 11 is 2.98. The quantitative estimate of drug-likeness (QED) is 0.841. The van der Waals surface area contributed by atoms with Crippen LogP contribution in [0.4, 0.5) is 18.9 Å². The number of anilines is 1. The molecule has 2 rings (SSSR count). The molecule has 2 aromatic carbocycles. The van der Waals surface area contributed by atoms with Crippen molar-refractivity contribution >= 4 is 27.5 Å². The second-order valence-corrected chi connectivity index (χ2v) is 4.93. The number of hydrogen-bond donors (Lipinski definition) is 1. The second-order valence-electron chi connectivity index (χ2n) is 4.02. The Kier molecular flexibility index (Phi) is 4.85. The Bertz CT molecular complexity index is 679. The number of nitrogens with one attached hydrogen (secondary N) is 1. The number of amides is 1. The number of benzene rings is 2. The third kappa shape index (κ3) is 3.98. The van der Waals surface area contributed by atoms with E-state index < -0.39 is 35.7 Å². The number of ether oxygens (including phenoxy) is 1. The molecule has 0 radical (unpaired) electrons. The van der Waals surface area contributed by atoms with Crippen molar-refractivity contribution in [2.45, 2.75) is 0 Å². The van der Waals surface area contributed by atoms with E-state index in [0.29, 0.717) is 0 Å². The van der Waals surface area contributed by atoms with Crippen LogP contribution in [0.25, 0.3) is 0 Å². The summed E-state index contributed by atoms with van der Waals surface area (Å²) in [7, 11) is 0. The molecule has 0 fully saturated rings. The van der Waals surface area contributed by atoms with E-state index in [4.69, 9.17) is 4.74 Å². The highest BCUT2D eigenvalue weighted by Crippen LogP contribution is 2.25. The van der Waals surface area contributed by atoms with Gasteiger partial charge >= 0.3 is 0 Å². The molecule has 0 heterocycles. The topological polar surface area (TPSA) is 38.3 Å². The monoisotopic (exact) mass is 359 g/mol. The van der Waals surface area contributed by atoms with Crippen LogP contribution in [0.3, 0.4) is 0 Å². The lowest BCUT2D eigenvalue weighted by Crippen LogP contribution is -2.21. The van der Waals surface area contributed by atoms with Gasteiger partial charge in [-0.15, -0.1) is 0 Å². The molecule has 0 aliphatic heterocycles. The minimum Gasteiger partial charge on any atom is -0.481 e. The average molecular weight is 360 g/mol. The van der Waals surface area contributed by atoms with Gasteiger partial charge in [-0.2, -0.15) is 4.39 Å². The number of carbonyl (C=O) groups excluding carboxylic acids is 1. The summed E-state index contributed by atoms with van der Waals surface area (Å²) in [6.07, 6.45) is 0. The molecule has 0 aliphatic rings. The summed E-state index contributed by atoms with van der Waals surface area (Å²) in [5, 5.41) is 2.26. The molecule has 0 aromatic heterocycles. The van der Waals surface area contributed by atoms with E-state index in [1.807, 2.05) is 0 Å². The molecule has 21 heavy (non-hydrogen) atoms. The van der Waals surface area contributed by atoms with Gasteiger partial charge in [-0.1, -0.05) is 28.1 Å². The Morgan fingerprint density at radius 3 is 2.57 bits per heavy atom. The molecular formula is C14H9BrF3NO2. The average Bonchev–Trinajstić information content (AvgIpc) is 2.44. The van der Waals surface area contributed by atoms with E-state index in [0.717, 1.165) is 6.07 Å². The molecule has 3 nitrogen and oxygen atoms in total. The van der Waals surface area contributed by atoms with E-state index in [-0.39, 0.29) is 10.2 Å². The van der Waals surface area contributed by atoms with Gasteiger partial charge < -0.3 is 10.1 Å². The number of hydrogen-bond acceptors (Lipinski definition) is 2. The summed E-state index contributed by atoms with van der Waals surface area (Å²) in [6.45, 7) is -0.582. The molecule has 1 amide bonds. The maximum atomic E-state index is 13.4. The highest BCUT2D eigenvalue weighted by atomic mass is 79.9. The van der Waals surface area contributed by atoms with Crippen LogP contribution in [-0.2, 0) is 4.79 Å². The zero-order chi connectivity index (χ0) is 15.4. The molecule has 1 N–H and O–H groups in total. The molecule has 0 atom stereocenters. The Morgan fingerprint density at radius 1 is 1.14 bits per heavy atom. The van der Waals surface area contributed by atoms with Crippen molar-refractivity contribution in [2.24, 2.45) is 0 Å². The predicted octanol–water partition coefficient (Wildman–Crippen LogP) is 3.88. The molecule has 0 aliphatic carbocycles. The summed E-state index contributed by atoms with van der Waals surface area (Å²) < 4.78 is 45.0.